The lowest BCUT2D eigenvalue weighted by Gasteiger charge is -2.39. The first-order valence-electron chi connectivity index (χ1n) is 10.8. The quantitative estimate of drug-likeness (QED) is 0.744. The van der Waals surface area contributed by atoms with Gasteiger partial charge in [0.05, 0.1) is 10.5 Å². The molecular weight excluding hydrogens is 400 g/mol. The van der Waals surface area contributed by atoms with Crippen molar-refractivity contribution in [2.24, 2.45) is 11.8 Å². The first-order chi connectivity index (χ1) is 14.3. The highest BCUT2D eigenvalue weighted by Gasteiger charge is 2.32. The molecule has 0 unspecified atom stereocenters. The fraction of sp³-hybridized carbons (Fsp3) is 0.636. The van der Waals surface area contributed by atoms with Gasteiger partial charge in [-0.1, -0.05) is 12.1 Å². The van der Waals surface area contributed by atoms with Gasteiger partial charge in [-0.05, 0) is 57.6 Å². The van der Waals surface area contributed by atoms with Crippen molar-refractivity contribution < 1.29 is 13.2 Å². The van der Waals surface area contributed by atoms with E-state index in [1.54, 1.807) is 12.1 Å². The van der Waals surface area contributed by atoms with Crippen molar-refractivity contribution in [2.45, 2.75) is 50.5 Å². The van der Waals surface area contributed by atoms with Gasteiger partial charge in [-0.25, -0.2) is 13.1 Å². The number of nitriles is 1. The van der Waals surface area contributed by atoms with Crippen LogP contribution in [0.3, 0.4) is 0 Å². The van der Waals surface area contributed by atoms with E-state index in [1.807, 2.05) is 11.0 Å². The normalized spacial score (nSPS) is 23.3. The van der Waals surface area contributed by atoms with Gasteiger partial charge >= 0.3 is 0 Å². The Morgan fingerprint density at radius 2 is 1.77 bits per heavy atom. The molecule has 164 valence electrons. The highest BCUT2D eigenvalue weighted by Crippen LogP contribution is 2.30. The lowest BCUT2D eigenvalue weighted by atomic mass is 9.81. The van der Waals surface area contributed by atoms with Crippen LogP contribution in [0.1, 0.15) is 45.1 Å². The highest BCUT2D eigenvalue weighted by molar-refractivity contribution is 7.89. The predicted octanol–water partition coefficient (Wildman–Crippen LogP) is 2.20. The zero-order valence-corrected chi connectivity index (χ0v) is 18.7. The Hall–Kier alpha value is -1.95. The van der Waals surface area contributed by atoms with Gasteiger partial charge in [0.15, 0.2) is 0 Å². The molecule has 1 amide bonds. The summed E-state index contributed by atoms with van der Waals surface area (Å²) in [5.74, 6) is 0.541. The number of carbonyl (C=O) groups excluding carboxylic acids is 1. The van der Waals surface area contributed by atoms with Gasteiger partial charge in [0.2, 0.25) is 15.9 Å². The lowest BCUT2D eigenvalue weighted by Crippen LogP contribution is -2.52. The Morgan fingerprint density at radius 1 is 1.13 bits per heavy atom. The topological polar surface area (TPSA) is 93.5 Å². The SMILES string of the molecule is CC(C)N1CCN(C(=O)C2CCC(CNS(=O)(=O)c3ccccc3C#N)CC2)CC1. The number of nitrogens with one attached hydrogen (secondary N) is 1. The third kappa shape index (κ3) is 5.39. The standard InChI is InChI=1S/C22H32N4O3S/c1-17(2)25-11-13-26(14-12-25)22(27)19-9-7-18(8-10-19)16-24-30(28,29)21-6-4-3-5-20(21)15-23/h3-6,17-19,24H,7-14,16H2,1-2H3. The second kappa shape index (κ2) is 9.90. The lowest BCUT2D eigenvalue weighted by molar-refractivity contribution is -0.138. The largest absolute Gasteiger partial charge is 0.340 e. The molecule has 8 heteroatoms. The average Bonchev–Trinajstić information content (AvgIpc) is 2.77. The number of hydrogen-bond acceptors (Lipinski definition) is 5. The van der Waals surface area contributed by atoms with Crippen LogP contribution in [0.25, 0.3) is 0 Å². The molecule has 7 nitrogen and oxygen atoms in total. The summed E-state index contributed by atoms with van der Waals surface area (Å²) < 4.78 is 27.8. The third-order valence-electron chi connectivity index (χ3n) is 6.41. The number of sulfonamides is 1. The van der Waals surface area contributed by atoms with Crippen molar-refractivity contribution >= 4 is 15.9 Å². The molecule has 3 rings (SSSR count). The van der Waals surface area contributed by atoms with E-state index in [1.165, 1.54) is 12.1 Å². The second-order valence-corrected chi connectivity index (χ2v) is 10.4. The van der Waals surface area contributed by atoms with Crippen molar-refractivity contribution in [2.75, 3.05) is 32.7 Å². The fourth-order valence-corrected chi connectivity index (χ4v) is 5.70. The number of benzene rings is 1. The molecule has 1 aliphatic carbocycles. The zero-order valence-electron chi connectivity index (χ0n) is 17.9. The second-order valence-electron chi connectivity index (χ2n) is 8.63. The molecule has 0 radical (unpaired) electrons. The van der Waals surface area contributed by atoms with Gasteiger partial charge < -0.3 is 4.90 Å². The molecule has 0 bridgehead atoms. The minimum absolute atomic E-state index is 0.0249. The van der Waals surface area contributed by atoms with Crippen LogP contribution < -0.4 is 4.72 Å². The van der Waals surface area contributed by atoms with Gasteiger partial charge in [0.25, 0.3) is 0 Å². The first-order valence-corrected chi connectivity index (χ1v) is 12.3. The molecule has 1 N–H and O–H groups in total. The molecule has 1 aliphatic heterocycles. The molecule has 2 fully saturated rings. The number of rotatable bonds is 6. The van der Waals surface area contributed by atoms with Crippen LogP contribution in [-0.4, -0.2) is 62.9 Å². The van der Waals surface area contributed by atoms with Gasteiger partial charge in [-0.15, -0.1) is 0 Å². The summed E-state index contributed by atoms with van der Waals surface area (Å²) in [5.41, 5.74) is 0.150. The minimum Gasteiger partial charge on any atom is -0.340 e. The molecule has 30 heavy (non-hydrogen) atoms. The average molecular weight is 433 g/mol. The number of amides is 1. The summed E-state index contributed by atoms with van der Waals surface area (Å²) in [4.78, 5) is 17.3. The Bertz CT molecular complexity index is 878. The maximum Gasteiger partial charge on any atom is 0.241 e. The summed E-state index contributed by atoms with van der Waals surface area (Å²) in [6.07, 6.45) is 3.30. The van der Waals surface area contributed by atoms with Crippen molar-refractivity contribution in [1.82, 2.24) is 14.5 Å². The third-order valence-corrected chi connectivity index (χ3v) is 7.89. The first kappa shape index (κ1) is 22.7. The number of nitrogens with zero attached hydrogens (tertiary/aromatic N) is 3. The molecule has 0 spiro atoms. The van der Waals surface area contributed by atoms with Crippen molar-refractivity contribution in [3.8, 4) is 6.07 Å². The predicted molar refractivity (Wildman–Crippen MR) is 115 cm³/mol. The van der Waals surface area contributed by atoms with Crippen LogP contribution in [-0.2, 0) is 14.8 Å². The Balaban J connectivity index is 1.47. The molecule has 0 aromatic heterocycles. The van der Waals surface area contributed by atoms with Crippen LogP contribution in [0, 0.1) is 23.2 Å². The summed E-state index contributed by atoms with van der Waals surface area (Å²) in [6, 6.07) is 8.68. The molecule has 1 saturated carbocycles. The maximum absolute atomic E-state index is 12.9. The monoisotopic (exact) mass is 432 g/mol. The molecular formula is C22H32N4O3S. The van der Waals surface area contributed by atoms with E-state index in [9.17, 15) is 13.2 Å². The van der Waals surface area contributed by atoms with Crippen LogP contribution in [0.15, 0.2) is 29.2 Å². The van der Waals surface area contributed by atoms with Crippen molar-refractivity contribution in [3.63, 3.8) is 0 Å². The Morgan fingerprint density at radius 3 is 2.37 bits per heavy atom. The molecule has 1 saturated heterocycles. The van der Waals surface area contributed by atoms with Crippen LogP contribution in [0.5, 0.6) is 0 Å². The number of hydrogen-bond donors (Lipinski definition) is 1. The van der Waals surface area contributed by atoms with Gasteiger partial charge in [-0.3, -0.25) is 9.69 Å². The molecule has 1 aromatic rings. The molecule has 2 aliphatic rings. The van der Waals surface area contributed by atoms with E-state index in [0.717, 1.165) is 51.9 Å². The van der Waals surface area contributed by atoms with E-state index in [-0.39, 0.29) is 28.2 Å². The summed E-state index contributed by atoms with van der Waals surface area (Å²) >= 11 is 0. The highest BCUT2D eigenvalue weighted by atomic mass is 32.2. The van der Waals surface area contributed by atoms with Crippen LogP contribution in [0.2, 0.25) is 0 Å². The minimum atomic E-state index is -3.71. The Labute approximate surface area is 180 Å². The zero-order chi connectivity index (χ0) is 21.7. The Kier molecular flexibility index (Phi) is 7.50. The van der Waals surface area contributed by atoms with E-state index < -0.39 is 10.0 Å². The molecule has 1 aromatic carbocycles. The van der Waals surface area contributed by atoms with E-state index >= 15 is 0 Å². The summed E-state index contributed by atoms with van der Waals surface area (Å²) in [5, 5.41) is 9.15. The number of piperazine rings is 1. The number of carbonyl (C=O) groups is 1. The van der Waals surface area contributed by atoms with E-state index in [2.05, 4.69) is 23.5 Å². The molecule has 0 atom stereocenters. The van der Waals surface area contributed by atoms with Gasteiger partial charge in [-0.2, -0.15) is 5.26 Å². The van der Waals surface area contributed by atoms with Gasteiger partial charge in [0, 0.05) is 44.7 Å². The summed E-state index contributed by atoms with van der Waals surface area (Å²) in [7, 11) is -3.71. The summed E-state index contributed by atoms with van der Waals surface area (Å²) in [6.45, 7) is 8.19. The maximum atomic E-state index is 12.9. The van der Waals surface area contributed by atoms with Crippen LogP contribution in [0.4, 0.5) is 0 Å². The van der Waals surface area contributed by atoms with Gasteiger partial charge in [0.1, 0.15) is 6.07 Å². The smallest absolute Gasteiger partial charge is 0.241 e. The van der Waals surface area contributed by atoms with Crippen molar-refractivity contribution in [1.29, 1.82) is 5.26 Å². The van der Waals surface area contributed by atoms with Crippen LogP contribution >= 0.6 is 0 Å². The van der Waals surface area contributed by atoms with E-state index in [4.69, 9.17) is 5.26 Å². The molecule has 1 heterocycles. The van der Waals surface area contributed by atoms with E-state index in [0.29, 0.717) is 12.6 Å². The fourth-order valence-electron chi connectivity index (χ4n) is 4.43. The van der Waals surface area contributed by atoms with Crippen molar-refractivity contribution in [3.05, 3.63) is 29.8 Å².